The second-order valence-corrected chi connectivity index (χ2v) is 3.96. The Morgan fingerprint density at radius 3 is 0.550 bits per heavy atom. The summed E-state index contributed by atoms with van der Waals surface area (Å²) in [6, 6.07) is 0. The summed E-state index contributed by atoms with van der Waals surface area (Å²) in [5.41, 5.74) is 0. The van der Waals surface area contributed by atoms with Crippen LogP contribution >= 0.6 is 0 Å². The van der Waals surface area contributed by atoms with Crippen LogP contribution in [-0.4, -0.2) is 73.3 Å². The molecule has 16 radical (unpaired) electrons. The van der Waals surface area contributed by atoms with E-state index in [1.165, 1.54) is 38.5 Å². The van der Waals surface area contributed by atoms with Gasteiger partial charge in [0.2, 0.25) is 0 Å². The minimum absolute atomic E-state index is 0. The van der Waals surface area contributed by atoms with Gasteiger partial charge in [-0.3, -0.25) is 0 Å². The second kappa shape index (κ2) is 28.6. The molecular formula is C12H24B4NdO3-4. The zero-order chi connectivity index (χ0) is 10.6. The van der Waals surface area contributed by atoms with Crippen LogP contribution in [0.15, 0.2) is 0 Å². The molecule has 0 aromatic heterocycles. The van der Waals surface area contributed by atoms with Crippen molar-refractivity contribution in [2.75, 3.05) is 39.6 Å². The van der Waals surface area contributed by atoms with E-state index in [9.17, 15) is 0 Å². The van der Waals surface area contributed by atoms with Gasteiger partial charge in [-0.1, -0.05) is 0 Å². The fraction of sp³-hybridized carbons (Fsp3) is 1.00. The summed E-state index contributed by atoms with van der Waals surface area (Å²) in [6.07, 6.45) is 7.67. The van der Waals surface area contributed by atoms with E-state index in [0.717, 1.165) is 39.6 Å². The first-order valence-electron chi connectivity index (χ1n) is 6.23. The van der Waals surface area contributed by atoms with Crippen LogP contribution in [0.5, 0.6) is 0 Å². The van der Waals surface area contributed by atoms with Crippen LogP contribution in [0.1, 0.15) is 38.5 Å². The summed E-state index contributed by atoms with van der Waals surface area (Å²) in [6.45, 7) is 6.00. The average Bonchev–Trinajstić information content (AvgIpc) is 3.09. The molecule has 0 aliphatic carbocycles. The zero-order valence-corrected chi connectivity index (χ0v) is 15.7. The van der Waals surface area contributed by atoms with Crippen molar-refractivity contribution < 1.29 is 55.0 Å². The molecule has 3 aliphatic heterocycles. The molecule has 0 aromatic carbocycles. The minimum Gasteiger partial charge on any atom is -1.00 e. The number of rotatable bonds is 0. The summed E-state index contributed by atoms with van der Waals surface area (Å²) in [5, 5.41) is 0. The Hall–Kier alpha value is 1.49. The van der Waals surface area contributed by atoms with Crippen molar-refractivity contribution in [3.8, 4) is 0 Å². The van der Waals surface area contributed by atoms with Gasteiger partial charge in [-0.25, -0.2) is 0 Å². The molecule has 0 amide bonds. The third-order valence-corrected chi connectivity index (χ3v) is 2.48. The maximum atomic E-state index is 4.94. The van der Waals surface area contributed by atoms with Gasteiger partial charge in [0.25, 0.3) is 0 Å². The van der Waals surface area contributed by atoms with Crippen LogP contribution in [0.4, 0.5) is 0 Å². The van der Waals surface area contributed by atoms with Gasteiger partial charge < -0.3 is 47.9 Å². The largest absolute Gasteiger partial charge is 1.00 e. The van der Waals surface area contributed by atoms with E-state index >= 15 is 0 Å². The molecule has 0 aromatic rings. The molecule has 0 bridgehead atoms. The SMILES string of the molecule is C1CCOC1.C1CCOC1.C1CCOC1.[B-].[B-].[B-].[B-].[Nd]. The zero-order valence-electron chi connectivity index (χ0n) is 12.5. The maximum Gasteiger partial charge on any atom is 0.0466 e. The molecule has 3 aliphatic rings. The summed E-state index contributed by atoms with van der Waals surface area (Å²) in [5.74, 6) is 0. The predicted octanol–water partition coefficient (Wildman–Crippen LogP) is 0.867. The first kappa shape index (κ1) is 33.2. The number of hydrogen-bond acceptors (Lipinski definition) is 3. The third kappa shape index (κ3) is 24.5. The van der Waals surface area contributed by atoms with Crippen molar-refractivity contribution in [3.05, 3.63) is 0 Å². The second-order valence-electron chi connectivity index (χ2n) is 3.96. The van der Waals surface area contributed by atoms with Gasteiger partial charge in [-0.05, 0) is 38.5 Å². The van der Waals surface area contributed by atoms with E-state index in [4.69, 9.17) is 14.2 Å². The molecule has 3 saturated heterocycles. The first-order valence-corrected chi connectivity index (χ1v) is 6.23. The predicted molar refractivity (Wildman–Crippen MR) is 83.2 cm³/mol. The van der Waals surface area contributed by atoms with Crippen molar-refractivity contribution in [2.45, 2.75) is 38.5 Å². The van der Waals surface area contributed by atoms with Crippen molar-refractivity contribution in [1.82, 2.24) is 0 Å². The quantitative estimate of drug-likeness (QED) is 0.562. The minimum atomic E-state index is 0. The van der Waals surface area contributed by atoms with Gasteiger partial charge >= 0.3 is 0 Å². The summed E-state index contributed by atoms with van der Waals surface area (Å²) < 4.78 is 14.8. The number of hydrogen-bond donors (Lipinski definition) is 0. The molecule has 0 atom stereocenters. The molecule has 3 fully saturated rings. The van der Waals surface area contributed by atoms with Crippen LogP contribution in [0.2, 0.25) is 0 Å². The first-order chi connectivity index (χ1) is 7.50. The van der Waals surface area contributed by atoms with E-state index in [-0.39, 0.29) is 74.5 Å². The van der Waals surface area contributed by atoms with Crippen LogP contribution in [0.25, 0.3) is 0 Å². The molecule has 8 heteroatoms. The normalized spacial score (nSPS) is 18.0. The van der Waals surface area contributed by atoms with Gasteiger partial charge in [0.15, 0.2) is 0 Å². The van der Waals surface area contributed by atoms with Gasteiger partial charge in [-0.2, -0.15) is 0 Å². The van der Waals surface area contributed by atoms with Crippen LogP contribution < -0.4 is 0 Å². The van der Waals surface area contributed by atoms with Gasteiger partial charge in [0.1, 0.15) is 0 Å². The van der Waals surface area contributed by atoms with E-state index in [1.807, 2.05) is 0 Å². The smallest absolute Gasteiger partial charge is 0.0466 e. The molecule has 3 rings (SSSR count). The van der Waals surface area contributed by atoms with E-state index in [0.29, 0.717) is 0 Å². The summed E-state index contributed by atoms with van der Waals surface area (Å²) in [7, 11) is 0. The van der Waals surface area contributed by atoms with Crippen LogP contribution in [0, 0.1) is 40.8 Å². The summed E-state index contributed by atoms with van der Waals surface area (Å²) in [4.78, 5) is 0. The molecule has 0 N–H and O–H groups in total. The Labute approximate surface area is 165 Å². The Balaban J connectivity index is -0.0000000500. The van der Waals surface area contributed by atoms with Gasteiger partial charge in [0.05, 0.1) is 0 Å². The van der Waals surface area contributed by atoms with Crippen molar-refractivity contribution in [1.29, 1.82) is 0 Å². The standard InChI is InChI=1S/3C4H8O.4B.Nd/c3*1-2-4-5-3-1;;;;;/h3*1-4H2;;;;;/q;;;4*-1;. The van der Waals surface area contributed by atoms with Crippen molar-refractivity contribution in [2.24, 2.45) is 0 Å². The Bertz CT molecular complexity index is 89.3. The van der Waals surface area contributed by atoms with Gasteiger partial charge in [-0.15, -0.1) is 0 Å². The van der Waals surface area contributed by atoms with E-state index < -0.39 is 0 Å². The molecule has 0 saturated carbocycles. The number of ether oxygens (including phenoxy) is 3. The molecule has 20 heavy (non-hydrogen) atoms. The van der Waals surface area contributed by atoms with E-state index in [2.05, 4.69) is 0 Å². The van der Waals surface area contributed by atoms with Crippen LogP contribution in [0.3, 0.4) is 0 Å². The van der Waals surface area contributed by atoms with Crippen molar-refractivity contribution in [3.63, 3.8) is 0 Å². The third-order valence-electron chi connectivity index (χ3n) is 2.48. The average molecular weight is 404 g/mol. The van der Waals surface area contributed by atoms with Crippen molar-refractivity contribution >= 4 is 33.7 Å². The Kier molecular flexibility index (Phi) is 47.5. The topological polar surface area (TPSA) is 27.7 Å². The molecule has 3 heterocycles. The summed E-state index contributed by atoms with van der Waals surface area (Å²) >= 11 is 0. The fourth-order valence-corrected chi connectivity index (χ4v) is 1.53. The molecule has 110 valence electrons. The molecule has 3 nitrogen and oxygen atoms in total. The van der Waals surface area contributed by atoms with E-state index in [1.54, 1.807) is 0 Å². The molecule has 0 unspecified atom stereocenters. The van der Waals surface area contributed by atoms with Crippen LogP contribution in [-0.2, 0) is 14.2 Å². The Morgan fingerprint density at radius 1 is 0.350 bits per heavy atom. The maximum absolute atomic E-state index is 4.94. The molecular weight excluding hydrogens is 380 g/mol. The monoisotopic (exact) mass is 402 g/mol. The Morgan fingerprint density at radius 2 is 0.500 bits per heavy atom. The molecule has 0 spiro atoms. The van der Waals surface area contributed by atoms with Gasteiger partial charge in [0, 0.05) is 80.5 Å². The fourth-order valence-electron chi connectivity index (χ4n) is 1.53.